The van der Waals surface area contributed by atoms with E-state index in [4.69, 9.17) is 0 Å². The zero-order valence-electron chi connectivity index (χ0n) is 10.9. The van der Waals surface area contributed by atoms with Gasteiger partial charge >= 0.3 is 0 Å². The average molecular weight is 244 g/mol. The molecule has 1 aliphatic heterocycles. The number of carbonyl (C=O) groups excluding carboxylic acids is 1. The lowest BCUT2D eigenvalue weighted by molar-refractivity contribution is -0.122. The van der Waals surface area contributed by atoms with E-state index in [2.05, 4.69) is 35.3 Å². The predicted octanol–water partition coefficient (Wildman–Crippen LogP) is 1.88. The summed E-state index contributed by atoms with van der Waals surface area (Å²) in [6.45, 7) is 4.91. The molecule has 1 N–H and O–H groups in total. The third kappa shape index (κ3) is 2.35. The highest BCUT2D eigenvalue weighted by Gasteiger charge is 2.29. The third-order valence-corrected chi connectivity index (χ3v) is 3.86. The summed E-state index contributed by atoms with van der Waals surface area (Å²) in [6.07, 6.45) is 3.29. The van der Waals surface area contributed by atoms with Crippen molar-refractivity contribution in [1.82, 2.24) is 5.32 Å². The monoisotopic (exact) mass is 244 g/mol. The van der Waals surface area contributed by atoms with Crippen LogP contribution in [0, 0.1) is 12.8 Å². The van der Waals surface area contributed by atoms with Crippen molar-refractivity contribution >= 4 is 11.6 Å². The first-order valence-electron chi connectivity index (χ1n) is 6.86. The molecule has 1 saturated carbocycles. The summed E-state index contributed by atoms with van der Waals surface area (Å²) >= 11 is 0. The molecule has 1 heterocycles. The van der Waals surface area contributed by atoms with E-state index in [1.807, 2.05) is 0 Å². The van der Waals surface area contributed by atoms with E-state index >= 15 is 0 Å². The Morgan fingerprint density at radius 3 is 3.06 bits per heavy atom. The van der Waals surface area contributed by atoms with Crippen LogP contribution in [0.4, 0.5) is 5.69 Å². The maximum atomic E-state index is 11.5. The smallest absolute Gasteiger partial charge is 0.223 e. The molecule has 18 heavy (non-hydrogen) atoms. The summed E-state index contributed by atoms with van der Waals surface area (Å²) in [5.41, 5.74) is 4.13. The number of aryl methyl sites for hydroxylation is 1. The number of hydrogen-bond donors (Lipinski definition) is 1. The van der Waals surface area contributed by atoms with Crippen LogP contribution in [-0.2, 0) is 11.2 Å². The predicted molar refractivity (Wildman–Crippen MR) is 72.8 cm³/mol. The van der Waals surface area contributed by atoms with E-state index in [0.29, 0.717) is 5.92 Å². The Balaban J connectivity index is 1.54. The number of nitrogens with one attached hydrogen (secondary N) is 1. The Labute approximate surface area is 108 Å². The van der Waals surface area contributed by atoms with Crippen molar-refractivity contribution in [3.63, 3.8) is 0 Å². The van der Waals surface area contributed by atoms with E-state index in [0.717, 1.165) is 38.9 Å². The number of fused-ring (bicyclic) bond motifs is 1. The lowest BCUT2D eigenvalue weighted by Gasteiger charge is -2.19. The molecule has 1 amide bonds. The molecule has 1 aromatic carbocycles. The molecule has 1 aromatic rings. The van der Waals surface area contributed by atoms with Gasteiger partial charge in [-0.05, 0) is 37.8 Å². The highest BCUT2D eigenvalue weighted by molar-refractivity contribution is 5.80. The minimum absolute atomic E-state index is 0.248. The standard InChI is InChI=1S/C15H20N2O/c1-11-2-5-14-13(10-11)6-8-17(14)9-7-16-15(18)12-3-4-12/h2,5,10,12H,3-4,6-9H2,1H3,(H,16,18). The summed E-state index contributed by atoms with van der Waals surface area (Å²) < 4.78 is 0. The maximum Gasteiger partial charge on any atom is 0.223 e. The molecule has 2 aliphatic rings. The molecule has 3 rings (SSSR count). The second kappa shape index (κ2) is 4.63. The Bertz CT molecular complexity index is 466. The molecule has 0 aromatic heterocycles. The maximum absolute atomic E-state index is 11.5. The second-order valence-electron chi connectivity index (χ2n) is 5.43. The van der Waals surface area contributed by atoms with E-state index in [1.54, 1.807) is 0 Å². The van der Waals surface area contributed by atoms with Gasteiger partial charge in [0.05, 0.1) is 0 Å². The van der Waals surface area contributed by atoms with E-state index in [1.165, 1.54) is 16.8 Å². The normalized spacial score (nSPS) is 17.7. The van der Waals surface area contributed by atoms with Gasteiger partial charge in [-0.15, -0.1) is 0 Å². The third-order valence-electron chi connectivity index (χ3n) is 3.86. The van der Waals surface area contributed by atoms with E-state index in [9.17, 15) is 4.79 Å². The van der Waals surface area contributed by atoms with E-state index in [-0.39, 0.29) is 5.91 Å². The van der Waals surface area contributed by atoms with Crippen molar-refractivity contribution in [2.45, 2.75) is 26.2 Å². The average Bonchev–Trinajstić information content (AvgIpc) is 3.13. The topological polar surface area (TPSA) is 32.3 Å². The molecule has 0 spiro atoms. The molecule has 0 radical (unpaired) electrons. The van der Waals surface area contributed by atoms with Crippen molar-refractivity contribution in [1.29, 1.82) is 0 Å². The highest BCUT2D eigenvalue weighted by atomic mass is 16.2. The van der Waals surface area contributed by atoms with Crippen LogP contribution in [-0.4, -0.2) is 25.5 Å². The van der Waals surface area contributed by atoms with Crippen LogP contribution in [0.5, 0.6) is 0 Å². The molecule has 3 nitrogen and oxygen atoms in total. The molecule has 0 atom stereocenters. The van der Waals surface area contributed by atoms with Crippen LogP contribution < -0.4 is 10.2 Å². The SMILES string of the molecule is Cc1ccc2c(c1)CCN2CCNC(=O)C1CC1. The Hall–Kier alpha value is -1.51. The van der Waals surface area contributed by atoms with Gasteiger partial charge in [-0.2, -0.15) is 0 Å². The fraction of sp³-hybridized carbons (Fsp3) is 0.533. The minimum atomic E-state index is 0.248. The quantitative estimate of drug-likeness (QED) is 0.877. The highest BCUT2D eigenvalue weighted by Crippen LogP contribution is 2.29. The lowest BCUT2D eigenvalue weighted by atomic mass is 10.1. The first kappa shape index (κ1) is 11.6. The van der Waals surface area contributed by atoms with Crippen molar-refractivity contribution in [3.05, 3.63) is 29.3 Å². The number of hydrogen-bond acceptors (Lipinski definition) is 2. The van der Waals surface area contributed by atoms with Gasteiger partial charge in [-0.1, -0.05) is 17.7 Å². The number of benzene rings is 1. The van der Waals surface area contributed by atoms with Crippen LogP contribution in [0.2, 0.25) is 0 Å². The van der Waals surface area contributed by atoms with Crippen molar-refractivity contribution in [3.8, 4) is 0 Å². The molecular formula is C15H20N2O. The molecule has 1 fully saturated rings. The van der Waals surface area contributed by atoms with Crippen LogP contribution in [0.25, 0.3) is 0 Å². The molecule has 0 saturated heterocycles. The minimum Gasteiger partial charge on any atom is -0.369 e. The molecule has 96 valence electrons. The molecule has 3 heteroatoms. The first-order chi connectivity index (χ1) is 8.74. The summed E-state index contributed by atoms with van der Waals surface area (Å²) in [5.74, 6) is 0.567. The molecule has 0 bridgehead atoms. The van der Waals surface area contributed by atoms with Crippen LogP contribution >= 0.6 is 0 Å². The summed E-state index contributed by atoms with van der Waals surface area (Å²) in [4.78, 5) is 13.9. The van der Waals surface area contributed by atoms with Crippen molar-refractivity contribution in [2.75, 3.05) is 24.5 Å². The number of carbonyl (C=O) groups is 1. The van der Waals surface area contributed by atoms with Gasteiger partial charge in [-0.25, -0.2) is 0 Å². The Morgan fingerprint density at radius 2 is 2.28 bits per heavy atom. The number of nitrogens with zero attached hydrogens (tertiary/aromatic N) is 1. The molecule has 1 aliphatic carbocycles. The summed E-state index contributed by atoms with van der Waals surface area (Å²) in [6, 6.07) is 6.65. The van der Waals surface area contributed by atoms with Crippen LogP contribution in [0.3, 0.4) is 0 Å². The number of anilines is 1. The van der Waals surface area contributed by atoms with Gasteiger partial charge in [0.2, 0.25) is 5.91 Å². The van der Waals surface area contributed by atoms with Gasteiger partial charge in [-0.3, -0.25) is 4.79 Å². The van der Waals surface area contributed by atoms with Crippen molar-refractivity contribution in [2.24, 2.45) is 5.92 Å². The van der Waals surface area contributed by atoms with Gasteiger partial charge < -0.3 is 10.2 Å². The van der Waals surface area contributed by atoms with Crippen molar-refractivity contribution < 1.29 is 4.79 Å². The fourth-order valence-corrected chi connectivity index (χ4v) is 2.64. The zero-order valence-corrected chi connectivity index (χ0v) is 10.9. The lowest BCUT2D eigenvalue weighted by Crippen LogP contribution is -2.34. The van der Waals surface area contributed by atoms with Gasteiger partial charge in [0.1, 0.15) is 0 Å². The number of rotatable bonds is 4. The molecular weight excluding hydrogens is 224 g/mol. The van der Waals surface area contributed by atoms with Gasteiger partial charge in [0.25, 0.3) is 0 Å². The number of amides is 1. The summed E-state index contributed by atoms with van der Waals surface area (Å²) in [7, 11) is 0. The summed E-state index contributed by atoms with van der Waals surface area (Å²) in [5, 5.41) is 3.03. The van der Waals surface area contributed by atoms with Crippen LogP contribution in [0.1, 0.15) is 24.0 Å². The zero-order chi connectivity index (χ0) is 12.5. The first-order valence-corrected chi connectivity index (χ1v) is 6.86. The van der Waals surface area contributed by atoms with E-state index < -0.39 is 0 Å². The van der Waals surface area contributed by atoms with Gasteiger partial charge in [0, 0.05) is 31.2 Å². The van der Waals surface area contributed by atoms with Crippen LogP contribution in [0.15, 0.2) is 18.2 Å². The molecule has 0 unspecified atom stereocenters. The largest absolute Gasteiger partial charge is 0.369 e. The Morgan fingerprint density at radius 1 is 1.44 bits per heavy atom. The fourth-order valence-electron chi connectivity index (χ4n) is 2.64. The Kier molecular flexibility index (Phi) is 2.98. The van der Waals surface area contributed by atoms with Gasteiger partial charge in [0.15, 0.2) is 0 Å². The second-order valence-corrected chi connectivity index (χ2v) is 5.43.